The van der Waals surface area contributed by atoms with Crippen LogP contribution >= 0.6 is 0 Å². The summed E-state index contributed by atoms with van der Waals surface area (Å²) in [6.45, 7) is 3.00. The Labute approximate surface area is 118 Å². The summed E-state index contributed by atoms with van der Waals surface area (Å²) in [6.07, 6.45) is 0.909. The maximum atomic E-state index is 9.22. The van der Waals surface area contributed by atoms with E-state index in [0.29, 0.717) is 5.56 Å². The molecule has 98 valence electrons. The number of rotatable bonds is 1. The van der Waals surface area contributed by atoms with Crippen molar-refractivity contribution in [3.05, 3.63) is 42.0 Å². The molecule has 1 aliphatic rings. The number of fused-ring (bicyclic) bond motifs is 1. The molecule has 0 aliphatic carbocycles. The van der Waals surface area contributed by atoms with Gasteiger partial charge in [0.05, 0.1) is 23.6 Å². The van der Waals surface area contributed by atoms with Gasteiger partial charge in [-0.2, -0.15) is 10.5 Å². The van der Waals surface area contributed by atoms with E-state index >= 15 is 0 Å². The minimum absolute atomic E-state index is 0.0874. The van der Waals surface area contributed by atoms with Gasteiger partial charge >= 0.3 is 0 Å². The van der Waals surface area contributed by atoms with Crippen LogP contribution in [0.4, 0.5) is 5.69 Å². The Morgan fingerprint density at radius 3 is 2.50 bits per heavy atom. The van der Waals surface area contributed by atoms with Crippen LogP contribution in [0.5, 0.6) is 0 Å². The van der Waals surface area contributed by atoms with Gasteiger partial charge in [0.25, 0.3) is 0 Å². The zero-order valence-electron chi connectivity index (χ0n) is 11.4. The van der Waals surface area contributed by atoms with Crippen LogP contribution in [0.15, 0.2) is 36.4 Å². The van der Waals surface area contributed by atoms with Crippen LogP contribution in [0.2, 0.25) is 0 Å². The van der Waals surface area contributed by atoms with E-state index in [-0.39, 0.29) is 12.0 Å². The number of benzene rings is 2. The van der Waals surface area contributed by atoms with Crippen molar-refractivity contribution >= 4 is 16.5 Å². The zero-order valence-corrected chi connectivity index (χ0v) is 11.4. The Balaban J connectivity index is 2.15. The van der Waals surface area contributed by atoms with Crippen LogP contribution in [0, 0.1) is 28.6 Å². The molecular weight excluding hydrogens is 246 g/mol. The first-order chi connectivity index (χ1) is 9.76. The molecule has 20 heavy (non-hydrogen) atoms. The van der Waals surface area contributed by atoms with E-state index in [1.165, 1.54) is 0 Å². The fourth-order valence-corrected chi connectivity index (χ4v) is 3.08. The van der Waals surface area contributed by atoms with Gasteiger partial charge < -0.3 is 4.90 Å². The van der Waals surface area contributed by atoms with Crippen molar-refractivity contribution < 1.29 is 0 Å². The number of anilines is 1. The topological polar surface area (TPSA) is 50.8 Å². The first-order valence-electron chi connectivity index (χ1n) is 6.84. The lowest BCUT2D eigenvalue weighted by Gasteiger charge is -2.26. The normalized spacial score (nSPS) is 21.6. The molecule has 0 spiro atoms. The summed E-state index contributed by atoms with van der Waals surface area (Å²) in [5, 5.41) is 20.5. The molecular formula is C17H15N3. The quantitative estimate of drug-likeness (QED) is 0.790. The third-order valence-electron chi connectivity index (χ3n) is 4.25. The molecule has 0 saturated carbocycles. The smallest absolute Gasteiger partial charge is 0.0998 e. The van der Waals surface area contributed by atoms with Crippen LogP contribution in [0.1, 0.15) is 18.9 Å². The minimum atomic E-state index is 0.0874. The third-order valence-corrected chi connectivity index (χ3v) is 4.25. The first-order valence-corrected chi connectivity index (χ1v) is 6.84. The van der Waals surface area contributed by atoms with Crippen molar-refractivity contribution in [2.45, 2.75) is 19.4 Å². The highest BCUT2D eigenvalue weighted by atomic mass is 15.2. The standard InChI is InChI=1S/C17H15N3/c1-12-13(10-18)8-9-20(12)17-7-6-14(11-19)15-4-2-3-5-16(15)17/h2-7,12-13H,8-9H2,1H3. The highest BCUT2D eigenvalue weighted by Crippen LogP contribution is 2.35. The molecule has 2 aromatic carbocycles. The van der Waals surface area contributed by atoms with Crippen LogP contribution in [-0.2, 0) is 0 Å². The van der Waals surface area contributed by atoms with Crippen molar-refractivity contribution in [3.63, 3.8) is 0 Å². The number of hydrogen-bond donors (Lipinski definition) is 0. The maximum absolute atomic E-state index is 9.22. The Morgan fingerprint density at radius 2 is 1.85 bits per heavy atom. The van der Waals surface area contributed by atoms with E-state index in [1.54, 1.807) is 0 Å². The monoisotopic (exact) mass is 261 g/mol. The molecule has 2 unspecified atom stereocenters. The lowest BCUT2D eigenvalue weighted by atomic mass is 10.0. The minimum Gasteiger partial charge on any atom is -0.367 e. The Kier molecular flexibility index (Phi) is 3.05. The van der Waals surface area contributed by atoms with Gasteiger partial charge in [0.15, 0.2) is 0 Å². The average Bonchev–Trinajstić information content (AvgIpc) is 2.87. The summed E-state index contributed by atoms with van der Waals surface area (Å²) >= 11 is 0. The molecule has 0 bridgehead atoms. The summed E-state index contributed by atoms with van der Waals surface area (Å²) in [7, 11) is 0. The van der Waals surface area contributed by atoms with Gasteiger partial charge in [-0.1, -0.05) is 24.3 Å². The third kappa shape index (κ3) is 1.80. The summed E-state index contributed by atoms with van der Waals surface area (Å²) in [5.74, 6) is 0.0874. The first kappa shape index (κ1) is 12.5. The van der Waals surface area contributed by atoms with Crippen molar-refractivity contribution in [3.8, 4) is 12.1 Å². The average molecular weight is 261 g/mol. The molecule has 3 rings (SSSR count). The van der Waals surface area contributed by atoms with Crippen molar-refractivity contribution in [2.24, 2.45) is 5.92 Å². The highest BCUT2D eigenvalue weighted by molar-refractivity contribution is 5.98. The number of nitriles is 2. The predicted octanol–water partition coefficient (Wildman–Crippen LogP) is 3.45. The molecule has 2 aromatic rings. The lowest BCUT2D eigenvalue weighted by molar-refractivity contribution is 0.616. The van der Waals surface area contributed by atoms with Crippen molar-refractivity contribution in [1.29, 1.82) is 10.5 Å². The second-order valence-corrected chi connectivity index (χ2v) is 5.25. The second-order valence-electron chi connectivity index (χ2n) is 5.25. The fourth-order valence-electron chi connectivity index (χ4n) is 3.08. The van der Waals surface area contributed by atoms with Gasteiger partial charge in [-0.15, -0.1) is 0 Å². The molecule has 1 heterocycles. The molecule has 3 nitrogen and oxygen atoms in total. The van der Waals surface area contributed by atoms with Gasteiger partial charge in [0.1, 0.15) is 0 Å². The molecule has 0 N–H and O–H groups in total. The number of nitrogens with zero attached hydrogens (tertiary/aromatic N) is 3. The highest BCUT2D eigenvalue weighted by Gasteiger charge is 2.31. The van der Waals surface area contributed by atoms with Gasteiger partial charge in [-0.05, 0) is 25.5 Å². The molecule has 3 heteroatoms. The lowest BCUT2D eigenvalue weighted by Crippen LogP contribution is -2.29. The molecule has 0 radical (unpaired) electrons. The Hall–Kier alpha value is -2.52. The molecule has 0 amide bonds. The van der Waals surface area contributed by atoms with E-state index in [4.69, 9.17) is 0 Å². The largest absolute Gasteiger partial charge is 0.367 e. The van der Waals surface area contributed by atoms with Crippen LogP contribution in [0.25, 0.3) is 10.8 Å². The van der Waals surface area contributed by atoms with Gasteiger partial charge in [0, 0.05) is 29.0 Å². The van der Waals surface area contributed by atoms with Crippen molar-refractivity contribution in [2.75, 3.05) is 11.4 Å². The van der Waals surface area contributed by atoms with E-state index in [1.807, 2.05) is 30.3 Å². The molecule has 1 fully saturated rings. The van der Waals surface area contributed by atoms with Crippen LogP contribution in [0.3, 0.4) is 0 Å². The summed E-state index contributed by atoms with van der Waals surface area (Å²) in [5.41, 5.74) is 1.83. The van der Waals surface area contributed by atoms with E-state index < -0.39 is 0 Å². The molecule has 2 atom stereocenters. The fraction of sp³-hybridized carbons (Fsp3) is 0.294. The second kappa shape index (κ2) is 4.87. The van der Waals surface area contributed by atoms with Gasteiger partial charge in [0.2, 0.25) is 0 Å². The molecule has 0 aromatic heterocycles. The maximum Gasteiger partial charge on any atom is 0.0998 e. The summed E-state index contributed by atoms with van der Waals surface area (Å²) < 4.78 is 0. The SMILES string of the molecule is CC1C(C#N)CCN1c1ccc(C#N)c2ccccc12. The van der Waals surface area contributed by atoms with Crippen LogP contribution < -0.4 is 4.90 Å². The molecule has 1 aliphatic heterocycles. The van der Waals surface area contributed by atoms with Gasteiger partial charge in [-0.3, -0.25) is 0 Å². The van der Waals surface area contributed by atoms with E-state index in [9.17, 15) is 10.5 Å². The Morgan fingerprint density at radius 1 is 1.10 bits per heavy atom. The van der Waals surface area contributed by atoms with E-state index in [2.05, 4.69) is 30.0 Å². The Bertz CT molecular complexity index is 736. The van der Waals surface area contributed by atoms with Crippen molar-refractivity contribution in [1.82, 2.24) is 0 Å². The van der Waals surface area contributed by atoms with E-state index in [0.717, 1.165) is 29.4 Å². The predicted molar refractivity (Wildman–Crippen MR) is 79.2 cm³/mol. The molecule has 1 saturated heterocycles. The van der Waals surface area contributed by atoms with Crippen LogP contribution in [-0.4, -0.2) is 12.6 Å². The zero-order chi connectivity index (χ0) is 14.1. The number of hydrogen-bond acceptors (Lipinski definition) is 3. The summed E-state index contributed by atoms with van der Waals surface area (Å²) in [4.78, 5) is 2.29. The summed E-state index contributed by atoms with van der Waals surface area (Å²) in [6, 6.07) is 16.7. The van der Waals surface area contributed by atoms with Gasteiger partial charge in [-0.25, -0.2) is 0 Å².